The number of carbonyl (C=O) groups is 1. The van der Waals surface area contributed by atoms with Crippen LogP contribution in [0.4, 0.5) is 5.69 Å². The van der Waals surface area contributed by atoms with Crippen LogP contribution in [0, 0.1) is 0 Å². The van der Waals surface area contributed by atoms with Gasteiger partial charge in [-0.15, -0.1) is 0 Å². The lowest BCUT2D eigenvalue weighted by Crippen LogP contribution is -2.15. The van der Waals surface area contributed by atoms with E-state index in [0.29, 0.717) is 32.1 Å². The molecular formula is C26H31N3O3. The van der Waals surface area contributed by atoms with E-state index in [2.05, 4.69) is 5.32 Å². The molecule has 1 aliphatic carbocycles. The van der Waals surface area contributed by atoms with Gasteiger partial charge in [0, 0.05) is 23.6 Å². The van der Waals surface area contributed by atoms with Crippen LogP contribution in [0.2, 0.25) is 0 Å². The number of aromatic nitrogens is 2. The third-order valence-corrected chi connectivity index (χ3v) is 5.68. The molecular weight excluding hydrogens is 402 g/mol. The van der Waals surface area contributed by atoms with Crippen LogP contribution in [0.5, 0.6) is 0 Å². The molecule has 4 rings (SSSR count). The van der Waals surface area contributed by atoms with E-state index in [0.717, 1.165) is 53.9 Å². The Labute approximate surface area is 189 Å². The Morgan fingerprint density at radius 2 is 1.81 bits per heavy atom. The zero-order valence-corrected chi connectivity index (χ0v) is 18.7. The molecule has 0 fully saturated rings. The van der Waals surface area contributed by atoms with E-state index in [1.54, 1.807) is 0 Å². The van der Waals surface area contributed by atoms with Gasteiger partial charge in [0.15, 0.2) is 5.69 Å². The normalized spacial score (nSPS) is 13.4. The van der Waals surface area contributed by atoms with Crippen molar-refractivity contribution in [1.82, 2.24) is 9.78 Å². The summed E-state index contributed by atoms with van der Waals surface area (Å²) in [6.07, 6.45) is 5.22. The average Bonchev–Trinajstić information content (AvgIpc) is 3.01. The van der Waals surface area contributed by atoms with Gasteiger partial charge in [-0.2, -0.15) is 5.10 Å². The highest BCUT2D eigenvalue weighted by Crippen LogP contribution is 2.27. The highest BCUT2D eigenvalue weighted by atomic mass is 16.5. The molecule has 1 aromatic heterocycles. The van der Waals surface area contributed by atoms with Crippen molar-refractivity contribution in [2.45, 2.75) is 45.6 Å². The summed E-state index contributed by atoms with van der Waals surface area (Å²) in [7, 11) is 0. The van der Waals surface area contributed by atoms with Crippen LogP contribution in [0.1, 0.15) is 53.5 Å². The van der Waals surface area contributed by atoms with Crippen molar-refractivity contribution in [3.8, 4) is 5.69 Å². The Hall–Kier alpha value is -2.96. The van der Waals surface area contributed by atoms with Gasteiger partial charge in [0.1, 0.15) is 0 Å². The summed E-state index contributed by atoms with van der Waals surface area (Å²) in [5, 5.41) is 7.82. The van der Waals surface area contributed by atoms with Crippen LogP contribution in [-0.4, -0.2) is 35.5 Å². The van der Waals surface area contributed by atoms with Gasteiger partial charge in [0.2, 0.25) is 0 Å². The first-order valence-corrected chi connectivity index (χ1v) is 11.5. The fourth-order valence-electron chi connectivity index (χ4n) is 4.12. The summed E-state index contributed by atoms with van der Waals surface area (Å²) < 4.78 is 12.9. The van der Waals surface area contributed by atoms with Gasteiger partial charge >= 0.3 is 0 Å². The second kappa shape index (κ2) is 11.1. The molecule has 0 unspecified atom stereocenters. The van der Waals surface area contributed by atoms with Crippen molar-refractivity contribution in [3.05, 3.63) is 77.1 Å². The number of ether oxygens (including phenoxy) is 2. The maximum Gasteiger partial charge on any atom is 0.276 e. The number of carbonyl (C=O) groups excluding carboxylic acids is 1. The van der Waals surface area contributed by atoms with E-state index in [9.17, 15) is 4.79 Å². The summed E-state index contributed by atoms with van der Waals surface area (Å²) in [6, 6.07) is 17.8. The molecule has 0 atom stereocenters. The maximum absolute atomic E-state index is 13.3. The highest BCUT2D eigenvalue weighted by molar-refractivity contribution is 6.04. The van der Waals surface area contributed by atoms with Crippen molar-refractivity contribution in [3.63, 3.8) is 0 Å². The Morgan fingerprint density at radius 3 is 2.66 bits per heavy atom. The van der Waals surface area contributed by atoms with Crippen molar-refractivity contribution < 1.29 is 14.3 Å². The summed E-state index contributed by atoms with van der Waals surface area (Å²) in [6.45, 7) is 4.27. The highest BCUT2D eigenvalue weighted by Gasteiger charge is 2.24. The topological polar surface area (TPSA) is 65.4 Å². The number of nitrogens with one attached hydrogen (secondary N) is 1. The van der Waals surface area contributed by atoms with Crippen LogP contribution < -0.4 is 5.32 Å². The van der Waals surface area contributed by atoms with Crippen LogP contribution in [0.3, 0.4) is 0 Å². The number of fused-ring (bicyclic) bond motifs is 1. The number of nitrogens with zero attached hydrogens (tertiary/aromatic N) is 2. The van der Waals surface area contributed by atoms with Gasteiger partial charge in [0.25, 0.3) is 5.91 Å². The Balaban J connectivity index is 1.51. The Bertz CT molecular complexity index is 1030. The lowest BCUT2D eigenvalue weighted by atomic mass is 10.1. The van der Waals surface area contributed by atoms with E-state index in [1.165, 1.54) is 6.42 Å². The minimum absolute atomic E-state index is 0.160. The zero-order chi connectivity index (χ0) is 22.2. The van der Waals surface area contributed by atoms with Crippen LogP contribution >= 0.6 is 0 Å². The van der Waals surface area contributed by atoms with Crippen molar-refractivity contribution >= 4 is 11.6 Å². The quantitative estimate of drug-likeness (QED) is 0.383. The van der Waals surface area contributed by atoms with Crippen molar-refractivity contribution in [2.24, 2.45) is 0 Å². The molecule has 32 heavy (non-hydrogen) atoms. The number of amides is 1. The third kappa shape index (κ3) is 5.44. The SMILES string of the molecule is CCOCCOCc1cccc(NC(=O)c2nn(-c3ccccc3)c3c2CCCCC3)c1. The summed E-state index contributed by atoms with van der Waals surface area (Å²) in [5.41, 5.74) is 5.53. The van der Waals surface area contributed by atoms with Crippen LogP contribution in [0.15, 0.2) is 54.6 Å². The number of para-hydroxylation sites is 1. The molecule has 0 saturated heterocycles. The molecule has 0 spiro atoms. The summed E-state index contributed by atoms with van der Waals surface area (Å²) in [4.78, 5) is 13.3. The number of benzene rings is 2. The Kier molecular flexibility index (Phi) is 7.69. The van der Waals surface area contributed by atoms with E-state index in [4.69, 9.17) is 14.6 Å². The molecule has 1 aliphatic rings. The third-order valence-electron chi connectivity index (χ3n) is 5.68. The van der Waals surface area contributed by atoms with Crippen LogP contribution in [-0.2, 0) is 28.9 Å². The van der Waals surface area contributed by atoms with Gasteiger partial charge in [-0.1, -0.05) is 36.8 Å². The van der Waals surface area contributed by atoms with Crippen molar-refractivity contribution in [1.29, 1.82) is 0 Å². The van der Waals surface area contributed by atoms with Crippen LogP contribution in [0.25, 0.3) is 5.69 Å². The predicted molar refractivity (Wildman–Crippen MR) is 125 cm³/mol. The monoisotopic (exact) mass is 433 g/mol. The first-order chi connectivity index (χ1) is 15.8. The lowest BCUT2D eigenvalue weighted by Gasteiger charge is -2.08. The molecule has 0 radical (unpaired) electrons. The molecule has 0 bridgehead atoms. The van der Waals surface area contributed by atoms with Gasteiger partial charge in [-0.3, -0.25) is 4.79 Å². The largest absolute Gasteiger partial charge is 0.379 e. The molecule has 1 amide bonds. The minimum atomic E-state index is -0.160. The first-order valence-electron chi connectivity index (χ1n) is 11.5. The average molecular weight is 434 g/mol. The zero-order valence-electron chi connectivity index (χ0n) is 18.7. The number of rotatable bonds is 9. The molecule has 6 heteroatoms. The second-order valence-corrected chi connectivity index (χ2v) is 7.99. The smallest absolute Gasteiger partial charge is 0.276 e. The number of anilines is 1. The van der Waals surface area contributed by atoms with Gasteiger partial charge < -0.3 is 14.8 Å². The fourth-order valence-corrected chi connectivity index (χ4v) is 4.12. The molecule has 1 N–H and O–H groups in total. The minimum Gasteiger partial charge on any atom is -0.379 e. The number of hydrogen-bond donors (Lipinski definition) is 1. The molecule has 2 aromatic carbocycles. The number of hydrogen-bond acceptors (Lipinski definition) is 4. The predicted octanol–water partition coefficient (Wildman–Crippen LogP) is 4.95. The van der Waals surface area contributed by atoms with E-state index in [1.807, 2.05) is 66.2 Å². The summed E-state index contributed by atoms with van der Waals surface area (Å²) >= 11 is 0. The maximum atomic E-state index is 13.3. The second-order valence-electron chi connectivity index (χ2n) is 7.99. The summed E-state index contributed by atoms with van der Waals surface area (Å²) in [5.74, 6) is -0.160. The molecule has 168 valence electrons. The van der Waals surface area contributed by atoms with Gasteiger partial charge in [-0.05, 0) is 62.4 Å². The molecule has 6 nitrogen and oxygen atoms in total. The van der Waals surface area contributed by atoms with E-state index < -0.39 is 0 Å². The Morgan fingerprint density at radius 1 is 1.00 bits per heavy atom. The van der Waals surface area contributed by atoms with Gasteiger partial charge in [-0.25, -0.2) is 4.68 Å². The molecule has 0 aliphatic heterocycles. The molecule has 0 saturated carbocycles. The van der Waals surface area contributed by atoms with E-state index in [-0.39, 0.29) is 5.91 Å². The standard InChI is InChI=1S/C26H31N3O3/c1-2-31-16-17-32-19-20-10-9-11-21(18-20)27-26(30)25-23-14-7-4-8-15-24(23)29(28-25)22-12-5-3-6-13-22/h3,5-6,9-13,18H,2,4,7-8,14-17,19H2,1H3,(H,27,30). The van der Waals surface area contributed by atoms with Gasteiger partial charge in [0.05, 0.1) is 25.5 Å². The lowest BCUT2D eigenvalue weighted by molar-refractivity contribution is 0.0453. The van der Waals surface area contributed by atoms with Crippen molar-refractivity contribution in [2.75, 3.05) is 25.1 Å². The fraction of sp³-hybridized carbons (Fsp3) is 0.385. The molecule has 1 heterocycles. The first kappa shape index (κ1) is 22.2. The molecule has 3 aromatic rings. The van der Waals surface area contributed by atoms with E-state index >= 15 is 0 Å².